The van der Waals surface area contributed by atoms with Crippen LogP contribution >= 0.6 is 11.6 Å². The normalized spacial score (nSPS) is 10.5. The lowest BCUT2D eigenvalue weighted by Crippen LogP contribution is -2.07. The lowest BCUT2D eigenvalue weighted by Gasteiger charge is -2.10. The molecule has 0 fully saturated rings. The van der Waals surface area contributed by atoms with Crippen LogP contribution in [0.25, 0.3) is 0 Å². The summed E-state index contributed by atoms with van der Waals surface area (Å²) in [5.41, 5.74) is 0.545. The van der Waals surface area contributed by atoms with E-state index in [9.17, 15) is 9.18 Å². The molecule has 82 valence electrons. The number of ether oxygens (including phenoxy) is 1. The molecule has 0 saturated carbocycles. The molecular weight excluding hydrogens is 219 g/mol. The number of carbonyl (C=O) groups excluding carboxylic acids is 1. The fraction of sp³-hybridized carbons (Fsp3) is 0.364. The molecule has 0 bridgehead atoms. The van der Waals surface area contributed by atoms with E-state index in [2.05, 4.69) is 0 Å². The molecule has 0 atom stereocenters. The van der Waals surface area contributed by atoms with Gasteiger partial charge in [0.1, 0.15) is 0 Å². The van der Waals surface area contributed by atoms with Gasteiger partial charge in [-0.25, -0.2) is 4.39 Å². The number of rotatable bonds is 4. The lowest BCUT2D eigenvalue weighted by molar-refractivity contribution is -0.111. The average Bonchev–Trinajstić information content (AvgIpc) is 2.08. The highest BCUT2D eigenvalue weighted by molar-refractivity contribution is 6.63. The summed E-state index contributed by atoms with van der Waals surface area (Å²) in [4.78, 5) is 10.6. The topological polar surface area (TPSA) is 26.3 Å². The minimum atomic E-state index is -0.507. The highest BCUT2D eigenvalue weighted by Gasteiger charge is 2.07. The molecule has 4 heteroatoms. The van der Waals surface area contributed by atoms with Gasteiger partial charge in [-0.15, -0.1) is 0 Å². The Morgan fingerprint density at radius 1 is 1.53 bits per heavy atom. The Hall–Kier alpha value is -1.09. The molecule has 0 unspecified atom stereocenters. The zero-order valence-corrected chi connectivity index (χ0v) is 9.34. The van der Waals surface area contributed by atoms with Gasteiger partial charge in [0.25, 0.3) is 0 Å². The molecule has 0 heterocycles. The second-order valence-corrected chi connectivity index (χ2v) is 3.88. The van der Waals surface area contributed by atoms with Crippen LogP contribution in [-0.2, 0) is 11.2 Å². The van der Waals surface area contributed by atoms with Gasteiger partial charge in [0.05, 0.1) is 6.10 Å². The van der Waals surface area contributed by atoms with Crippen molar-refractivity contribution in [2.75, 3.05) is 0 Å². The Morgan fingerprint density at radius 3 is 2.67 bits per heavy atom. The molecule has 1 aromatic rings. The van der Waals surface area contributed by atoms with Crippen LogP contribution in [0, 0.1) is 5.82 Å². The van der Waals surface area contributed by atoms with E-state index in [1.165, 1.54) is 12.1 Å². The van der Waals surface area contributed by atoms with Crippen molar-refractivity contribution in [2.24, 2.45) is 0 Å². The molecule has 15 heavy (non-hydrogen) atoms. The summed E-state index contributed by atoms with van der Waals surface area (Å²) in [5.74, 6) is -0.283. The minimum Gasteiger partial charge on any atom is -0.488 e. The quantitative estimate of drug-likeness (QED) is 0.744. The first-order valence-corrected chi connectivity index (χ1v) is 5.00. The standard InChI is InChI=1S/C11H12ClFO2/c1-7(2)15-10-4-3-8(5-9(10)13)6-11(12)14/h3-5,7H,6H2,1-2H3. The molecule has 0 aliphatic heterocycles. The maximum atomic E-state index is 13.4. The lowest BCUT2D eigenvalue weighted by atomic mass is 10.1. The molecule has 0 aromatic heterocycles. The predicted octanol–water partition coefficient (Wildman–Crippen LogP) is 2.92. The van der Waals surface area contributed by atoms with Gasteiger partial charge in [-0.3, -0.25) is 4.79 Å². The summed E-state index contributed by atoms with van der Waals surface area (Å²) in [6, 6.07) is 4.39. The monoisotopic (exact) mass is 230 g/mol. The van der Waals surface area contributed by atoms with Crippen LogP contribution in [0.1, 0.15) is 19.4 Å². The Balaban J connectivity index is 2.83. The van der Waals surface area contributed by atoms with Crippen molar-refractivity contribution in [3.63, 3.8) is 0 Å². The van der Waals surface area contributed by atoms with Crippen molar-refractivity contribution in [1.82, 2.24) is 0 Å². The number of carbonyl (C=O) groups is 1. The van der Waals surface area contributed by atoms with E-state index >= 15 is 0 Å². The third-order valence-electron chi connectivity index (χ3n) is 1.70. The van der Waals surface area contributed by atoms with Gasteiger partial charge < -0.3 is 4.74 Å². The summed E-state index contributed by atoms with van der Waals surface area (Å²) < 4.78 is 18.6. The highest BCUT2D eigenvalue weighted by Crippen LogP contribution is 2.20. The SMILES string of the molecule is CC(C)Oc1ccc(CC(=O)Cl)cc1F. The Kier molecular flexibility index (Phi) is 4.09. The zero-order valence-electron chi connectivity index (χ0n) is 8.59. The van der Waals surface area contributed by atoms with E-state index < -0.39 is 11.1 Å². The van der Waals surface area contributed by atoms with E-state index in [4.69, 9.17) is 16.3 Å². The van der Waals surface area contributed by atoms with Crippen LogP contribution in [0.4, 0.5) is 4.39 Å². The first-order chi connectivity index (χ1) is 6.99. The van der Waals surface area contributed by atoms with E-state index in [-0.39, 0.29) is 18.3 Å². The fourth-order valence-electron chi connectivity index (χ4n) is 1.16. The predicted molar refractivity (Wildman–Crippen MR) is 56.7 cm³/mol. The van der Waals surface area contributed by atoms with Crippen molar-refractivity contribution >= 4 is 16.8 Å². The van der Waals surface area contributed by atoms with Crippen molar-refractivity contribution in [3.8, 4) is 5.75 Å². The largest absolute Gasteiger partial charge is 0.488 e. The van der Waals surface area contributed by atoms with Crippen LogP contribution in [-0.4, -0.2) is 11.3 Å². The summed E-state index contributed by atoms with van der Waals surface area (Å²) in [7, 11) is 0. The second kappa shape index (κ2) is 5.12. The summed E-state index contributed by atoms with van der Waals surface area (Å²) >= 11 is 5.20. The van der Waals surface area contributed by atoms with Crippen LogP contribution < -0.4 is 4.74 Å². The number of benzene rings is 1. The molecule has 0 amide bonds. The summed E-state index contributed by atoms with van der Waals surface area (Å²) in [5, 5.41) is -0.507. The molecule has 0 aliphatic rings. The molecule has 1 aromatic carbocycles. The fourth-order valence-corrected chi connectivity index (χ4v) is 1.32. The van der Waals surface area contributed by atoms with Gasteiger partial charge in [-0.1, -0.05) is 6.07 Å². The van der Waals surface area contributed by atoms with Crippen LogP contribution in [0.15, 0.2) is 18.2 Å². The first-order valence-electron chi connectivity index (χ1n) is 4.62. The van der Waals surface area contributed by atoms with E-state index in [0.29, 0.717) is 5.56 Å². The molecular formula is C11H12ClFO2. The van der Waals surface area contributed by atoms with Crippen LogP contribution in [0.3, 0.4) is 0 Å². The maximum absolute atomic E-state index is 13.4. The van der Waals surface area contributed by atoms with Gasteiger partial charge in [-0.05, 0) is 43.1 Å². The minimum absolute atomic E-state index is 0.0282. The molecule has 1 rings (SSSR count). The van der Waals surface area contributed by atoms with E-state index in [1.807, 2.05) is 13.8 Å². The molecule has 0 aliphatic carbocycles. The third-order valence-corrected chi connectivity index (χ3v) is 1.84. The smallest absolute Gasteiger partial charge is 0.226 e. The van der Waals surface area contributed by atoms with Crippen molar-refractivity contribution in [1.29, 1.82) is 0 Å². The zero-order chi connectivity index (χ0) is 11.4. The summed E-state index contributed by atoms with van der Waals surface area (Å²) in [6.07, 6.45) is -0.0551. The van der Waals surface area contributed by atoms with Crippen LogP contribution in [0.2, 0.25) is 0 Å². The van der Waals surface area contributed by atoms with Gasteiger partial charge in [0, 0.05) is 6.42 Å². The van der Waals surface area contributed by atoms with E-state index in [0.717, 1.165) is 0 Å². The molecule has 0 spiro atoms. The average molecular weight is 231 g/mol. The van der Waals surface area contributed by atoms with E-state index in [1.54, 1.807) is 6.07 Å². The molecule has 0 saturated heterocycles. The highest BCUT2D eigenvalue weighted by atomic mass is 35.5. The Bertz CT molecular complexity index is 364. The first kappa shape index (κ1) is 12.0. The third kappa shape index (κ3) is 3.88. The van der Waals surface area contributed by atoms with Crippen molar-refractivity contribution in [3.05, 3.63) is 29.6 Å². The Morgan fingerprint density at radius 2 is 2.20 bits per heavy atom. The van der Waals surface area contributed by atoms with Gasteiger partial charge in [0.15, 0.2) is 11.6 Å². The molecule has 2 nitrogen and oxygen atoms in total. The number of halogens is 2. The van der Waals surface area contributed by atoms with Gasteiger partial charge in [-0.2, -0.15) is 0 Å². The number of hydrogen-bond donors (Lipinski definition) is 0. The van der Waals surface area contributed by atoms with Crippen LogP contribution in [0.5, 0.6) is 5.75 Å². The maximum Gasteiger partial charge on any atom is 0.226 e. The van der Waals surface area contributed by atoms with Crippen molar-refractivity contribution < 1.29 is 13.9 Å². The van der Waals surface area contributed by atoms with Crippen molar-refractivity contribution in [2.45, 2.75) is 26.4 Å². The molecule has 0 radical (unpaired) electrons. The molecule has 0 N–H and O–H groups in total. The second-order valence-electron chi connectivity index (χ2n) is 3.46. The van der Waals surface area contributed by atoms with Gasteiger partial charge in [0.2, 0.25) is 5.24 Å². The summed E-state index contributed by atoms with van der Waals surface area (Å²) in [6.45, 7) is 3.63. The number of hydrogen-bond acceptors (Lipinski definition) is 2. The Labute approximate surface area is 93.0 Å². The van der Waals surface area contributed by atoms with Gasteiger partial charge >= 0.3 is 0 Å².